The number of hydrogen-bond donors (Lipinski definition) is 2. The van der Waals surface area contributed by atoms with Crippen molar-refractivity contribution in [2.75, 3.05) is 0 Å². The van der Waals surface area contributed by atoms with Crippen LogP contribution in [0.4, 0.5) is 0 Å². The maximum Gasteiger partial charge on any atom is 0.126 e. The van der Waals surface area contributed by atoms with Crippen LogP contribution in [0.25, 0.3) is 67.5 Å². The summed E-state index contributed by atoms with van der Waals surface area (Å²) in [7, 11) is 0. The van der Waals surface area contributed by atoms with Gasteiger partial charge in [0.2, 0.25) is 0 Å². The van der Waals surface area contributed by atoms with Crippen molar-refractivity contribution in [2.45, 2.75) is 144 Å². The van der Waals surface area contributed by atoms with E-state index in [-0.39, 0.29) is 46.4 Å². The molecule has 0 amide bonds. The number of ether oxygens (including phenoxy) is 2. The van der Waals surface area contributed by atoms with Gasteiger partial charge in [-0.2, -0.15) is 0 Å². The Bertz CT molecular complexity index is 4340. The maximum atomic E-state index is 13.2. The molecule has 0 atom stereocenters. The number of nitrogens with zero attached hydrogens (tertiary/aromatic N) is 4. The summed E-state index contributed by atoms with van der Waals surface area (Å²) in [6.45, 7) is 27.5. The Kier molecular flexibility index (Phi) is 18.1. The van der Waals surface area contributed by atoms with E-state index >= 15 is 0 Å². The zero-order valence-electron chi connectivity index (χ0n) is 58.7. The van der Waals surface area contributed by atoms with Crippen molar-refractivity contribution < 1.29 is 19.7 Å². The minimum atomic E-state index is -0.268. The Hall–Kier alpha value is -10.4. The van der Waals surface area contributed by atoms with Gasteiger partial charge in [-0.1, -0.05) is 253 Å². The average molecular weight is 1290 g/mol. The van der Waals surface area contributed by atoms with E-state index < -0.39 is 0 Å². The van der Waals surface area contributed by atoms with Gasteiger partial charge in [-0.15, -0.1) is 0 Å². The fourth-order valence-electron chi connectivity index (χ4n) is 13.1. The highest BCUT2D eigenvalue weighted by atomic mass is 16.5. The lowest BCUT2D eigenvalue weighted by molar-refractivity contribution is 0.300. The second-order valence-electron chi connectivity index (χ2n) is 30.6. The molecular formula is C90H88N4O4. The van der Waals surface area contributed by atoms with Gasteiger partial charge in [-0.3, -0.25) is 9.97 Å². The highest BCUT2D eigenvalue weighted by molar-refractivity contribution is 5.78. The molecule has 1 aliphatic rings. The molecule has 0 fully saturated rings. The van der Waals surface area contributed by atoms with Gasteiger partial charge in [0.05, 0.1) is 34.2 Å². The SMILES string of the molecule is CC(C)(C)c1cc2c(O)c(c1)Cc1cc(C(C)(C)C)cc(c1OCc1ccc(-c3cc(-c4ccccc4)nc(-c4ccccn4)c3)cc1)Cc1cc(C(C)(C)C)cc(c1O)Cc1cc(C(C)(C)C)cc(c1OCc1ccc(-c3cc(-c4ccccc4)nc(-c4ccccn4)c3)cc1)C2. The Morgan fingerprint density at radius 3 is 0.857 bits per heavy atom. The third-order valence-electron chi connectivity index (χ3n) is 19.0. The summed E-state index contributed by atoms with van der Waals surface area (Å²) in [5.41, 5.74) is 23.8. The average Bonchev–Trinajstić information content (AvgIpc) is 0.773. The summed E-state index contributed by atoms with van der Waals surface area (Å²) in [6.07, 6.45) is 5.17. The molecule has 8 aromatic carbocycles. The van der Waals surface area contributed by atoms with Gasteiger partial charge in [-0.05, 0) is 170 Å². The second-order valence-corrected chi connectivity index (χ2v) is 30.6. The van der Waals surface area contributed by atoms with E-state index in [9.17, 15) is 10.2 Å². The highest BCUT2D eigenvalue weighted by Gasteiger charge is 2.29. The molecule has 13 rings (SSSR count). The van der Waals surface area contributed by atoms with Crippen LogP contribution < -0.4 is 9.47 Å². The number of hydrogen-bond acceptors (Lipinski definition) is 8. The molecule has 8 bridgehead atoms. The summed E-state index contributed by atoms with van der Waals surface area (Å²) in [5, 5.41) is 26.3. The molecule has 492 valence electrons. The molecule has 0 saturated carbocycles. The molecule has 98 heavy (non-hydrogen) atoms. The van der Waals surface area contributed by atoms with Crippen LogP contribution in [0.5, 0.6) is 23.0 Å². The van der Waals surface area contributed by atoms with Crippen LogP contribution in [0, 0.1) is 0 Å². The van der Waals surface area contributed by atoms with E-state index in [1.54, 1.807) is 12.4 Å². The Morgan fingerprint density at radius 1 is 0.286 bits per heavy atom. The van der Waals surface area contributed by atoms with E-state index in [0.29, 0.717) is 25.7 Å². The minimum Gasteiger partial charge on any atom is -0.507 e. The molecule has 4 aromatic heterocycles. The Balaban J connectivity index is 0.910. The maximum absolute atomic E-state index is 13.2. The standard InChI is InChI=1S/C90H88N4O4/c1-87(2,3)73-43-65-39-69-47-75(89(7,8)9)49-71(85(69)97-55-57-29-33-59(34-30-57)63-51-79(61-23-15-13-16-24-61)93-81(53-63)77-27-19-21-37-91-77)41-67-45-74(88(4,5)6)46-68(84(67)96)42-72-50-76(90(10,11)12)48-70(40-66(44-73)83(65)95)86(72)98-56-58-31-35-60(36-32-58)64-52-80(62-25-17-14-18-26-62)94-82(54-64)78-28-20-22-38-92-78/h13-38,43-54,95-96H,39-42,55-56H2,1-12H3. The van der Waals surface area contributed by atoms with E-state index in [0.717, 1.165) is 157 Å². The number of phenolic OH excluding ortho intramolecular Hbond substituents is 2. The Labute approximate surface area is 579 Å². The fraction of sp³-hybridized carbons (Fsp3) is 0.244. The molecule has 0 spiro atoms. The van der Waals surface area contributed by atoms with Crippen molar-refractivity contribution in [2.24, 2.45) is 0 Å². The van der Waals surface area contributed by atoms with Gasteiger partial charge in [0.15, 0.2) is 0 Å². The molecule has 0 unspecified atom stereocenters. The van der Waals surface area contributed by atoms with Crippen LogP contribution in [0.15, 0.2) is 231 Å². The second kappa shape index (κ2) is 26.9. The molecule has 0 aliphatic heterocycles. The van der Waals surface area contributed by atoms with Crippen molar-refractivity contribution >= 4 is 0 Å². The molecule has 1 aliphatic carbocycles. The van der Waals surface area contributed by atoms with Crippen molar-refractivity contribution in [3.8, 4) is 90.5 Å². The fourth-order valence-corrected chi connectivity index (χ4v) is 13.1. The lowest BCUT2D eigenvalue weighted by Gasteiger charge is -2.28. The first-order chi connectivity index (χ1) is 46.8. The molecule has 0 radical (unpaired) electrons. The predicted octanol–water partition coefficient (Wildman–Crippen LogP) is 21.7. The number of aromatic nitrogens is 4. The van der Waals surface area contributed by atoms with E-state index in [1.807, 2.05) is 72.8 Å². The van der Waals surface area contributed by atoms with E-state index in [1.165, 1.54) is 0 Å². The normalized spacial score (nSPS) is 12.7. The zero-order valence-corrected chi connectivity index (χ0v) is 58.7. The van der Waals surface area contributed by atoms with Crippen LogP contribution in [-0.4, -0.2) is 30.1 Å². The summed E-state index contributed by atoms with van der Waals surface area (Å²) in [5.74, 6) is 2.00. The van der Waals surface area contributed by atoms with Crippen LogP contribution in [0.2, 0.25) is 0 Å². The first-order valence-electron chi connectivity index (χ1n) is 34.3. The first kappa shape index (κ1) is 66.2. The van der Waals surface area contributed by atoms with Gasteiger partial charge in [0.25, 0.3) is 0 Å². The number of fused-ring (bicyclic) bond motifs is 8. The molecule has 4 heterocycles. The quantitative estimate of drug-likeness (QED) is 0.124. The summed E-state index contributed by atoms with van der Waals surface area (Å²) < 4.78 is 14.6. The summed E-state index contributed by atoms with van der Waals surface area (Å²) in [4.78, 5) is 19.5. The zero-order chi connectivity index (χ0) is 68.7. The van der Waals surface area contributed by atoms with Crippen molar-refractivity contribution in [3.63, 3.8) is 0 Å². The number of pyridine rings is 4. The van der Waals surface area contributed by atoms with Gasteiger partial charge in [0, 0.05) is 49.2 Å². The van der Waals surface area contributed by atoms with Crippen LogP contribution >= 0.6 is 0 Å². The lowest BCUT2D eigenvalue weighted by Crippen LogP contribution is -2.16. The van der Waals surface area contributed by atoms with Crippen LogP contribution in [-0.2, 0) is 60.6 Å². The first-order valence-corrected chi connectivity index (χ1v) is 34.3. The molecule has 0 saturated heterocycles. The monoisotopic (exact) mass is 1290 g/mol. The molecule has 2 N–H and O–H groups in total. The van der Waals surface area contributed by atoms with Gasteiger partial charge in [0.1, 0.15) is 36.2 Å². The molecular weight excluding hydrogens is 1200 g/mol. The third kappa shape index (κ3) is 14.8. The minimum absolute atomic E-state index is 0.256. The smallest absolute Gasteiger partial charge is 0.126 e. The van der Waals surface area contributed by atoms with Crippen molar-refractivity contribution in [3.05, 3.63) is 309 Å². The van der Waals surface area contributed by atoms with E-state index in [4.69, 9.17) is 19.4 Å². The molecule has 8 heteroatoms. The number of rotatable bonds is 12. The Morgan fingerprint density at radius 2 is 0.571 bits per heavy atom. The predicted molar refractivity (Wildman–Crippen MR) is 400 cm³/mol. The largest absolute Gasteiger partial charge is 0.507 e. The topological polar surface area (TPSA) is 110 Å². The van der Waals surface area contributed by atoms with Gasteiger partial charge >= 0.3 is 0 Å². The summed E-state index contributed by atoms with van der Waals surface area (Å²) >= 11 is 0. The lowest BCUT2D eigenvalue weighted by atomic mass is 9.79. The number of aromatic hydroxyl groups is 2. The number of phenols is 2. The van der Waals surface area contributed by atoms with Crippen molar-refractivity contribution in [1.82, 2.24) is 19.9 Å². The third-order valence-corrected chi connectivity index (χ3v) is 19.0. The van der Waals surface area contributed by atoms with Gasteiger partial charge < -0.3 is 19.7 Å². The molecule has 12 aromatic rings. The van der Waals surface area contributed by atoms with Gasteiger partial charge in [-0.25, -0.2) is 9.97 Å². The van der Waals surface area contributed by atoms with Crippen molar-refractivity contribution in [1.29, 1.82) is 0 Å². The highest BCUT2D eigenvalue weighted by Crippen LogP contribution is 2.45. The summed E-state index contributed by atoms with van der Waals surface area (Å²) in [6, 6.07) is 76.1. The van der Waals surface area contributed by atoms with Crippen LogP contribution in [0.1, 0.15) is 161 Å². The number of benzene rings is 8. The molecule has 8 nitrogen and oxygen atoms in total. The van der Waals surface area contributed by atoms with E-state index in [2.05, 4.69) is 239 Å². The van der Waals surface area contributed by atoms with Crippen LogP contribution in [0.3, 0.4) is 0 Å².